The van der Waals surface area contributed by atoms with Gasteiger partial charge in [0.1, 0.15) is 11.5 Å². The number of carbonyl (C=O) groups is 1. The van der Waals surface area contributed by atoms with Crippen LogP contribution in [0.25, 0.3) is 16.8 Å². The van der Waals surface area contributed by atoms with Crippen LogP contribution in [0.4, 0.5) is 19.1 Å². The zero-order valence-corrected chi connectivity index (χ0v) is 22.8. The Morgan fingerprint density at radius 1 is 0.976 bits per heavy atom. The molecule has 0 aliphatic carbocycles. The van der Waals surface area contributed by atoms with E-state index in [0.29, 0.717) is 17.2 Å². The highest BCUT2D eigenvalue weighted by molar-refractivity contribution is 7.89. The summed E-state index contributed by atoms with van der Waals surface area (Å²) in [4.78, 5) is 21.2. The molecule has 2 aromatic heterocycles. The van der Waals surface area contributed by atoms with Crippen LogP contribution in [0.2, 0.25) is 0 Å². The Bertz CT molecular complexity index is 1710. The highest BCUT2D eigenvalue weighted by Gasteiger charge is 2.36. The number of anilines is 1. The van der Waals surface area contributed by atoms with Crippen LogP contribution in [0.1, 0.15) is 42.5 Å². The number of amidine groups is 1. The molecule has 0 aliphatic heterocycles. The van der Waals surface area contributed by atoms with E-state index >= 15 is 0 Å². The summed E-state index contributed by atoms with van der Waals surface area (Å²) in [5, 5.41) is 13.5. The maximum Gasteiger partial charge on any atom is 0.435 e. The van der Waals surface area contributed by atoms with Gasteiger partial charge in [-0.05, 0) is 50.6 Å². The number of carbonyl (C=O) groups excluding carboxylic acids is 1. The van der Waals surface area contributed by atoms with Crippen LogP contribution in [0.15, 0.2) is 71.9 Å². The number of hydrogen-bond acceptors (Lipinski definition) is 7. The third-order valence-electron chi connectivity index (χ3n) is 5.45. The van der Waals surface area contributed by atoms with E-state index in [1.165, 1.54) is 48.8 Å². The van der Waals surface area contributed by atoms with Gasteiger partial charge in [-0.1, -0.05) is 24.3 Å². The predicted octanol–water partition coefficient (Wildman–Crippen LogP) is 3.96. The molecule has 0 saturated carbocycles. The van der Waals surface area contributed by atoms with E-state index in [9.17, 15) is 26.4 Å². The van der Waals surface area contributed by atoms with Gasteiger partial charge in [0.25, 0.3) is 5.91 Å². The van der Waals surface area contributed by atoms with Crippen LogP contribution in [-0.2, 0) is 16.2 Å². The zero-order valence-electron chi connectivity index (χ0n) is 22.0. The van der Waals surface area contributed by atoms with Crippen LogP contribution in [0.5, 0.6) is 0 Å². The number of sulfonamides is 1. The first kappa shape index (κ1) is 29.4. The lowest BCUT2D eigenvalue weighted by molar-refractivity contribution is -0.141. The SMILES string of the molecule is CC(C)(C)NS(=O)(=O)c1ccc(-c2cnc(NC(=O)c3cc(C(F)(F)F)nn3-c3cccc(C(=N)N)c3)nc2)cc1. The quantitative estimate of drug-likeness (QED) is 0.188. The summed E-state index contributed by atoms with van der Waals surface area (Å²) in [5.41, 5.74) is 4.49. The molecule has 15 heteroatoms. The summed E-state index contributed by atoms with van der Waals surface area (Å²) in [6, 6.07) is 12.3. The van der Waals surface area contributed by atoms with Crippen molar-refractivity contribution in [2.24, 2.45) is 5.73 Å². The van der Waals surface area contributed by atoms with E-state index in [1.54, 1.807) is 32.9 Å². The summed E-state index contributed by atoms with van der Waals surface area (Å²) in [6.45, 7) is 5.18. The highest BCUT2D eigenvalue weighted by Crippen LogP contribution is 2.30. The number of halogens is 3. The number of nitrogens with one attached hydrogen (secondary N) is 3. The molecule has 0 radical (unpaired) electrons. The molecule has 0 unspecified atom stereocenters. The molecule has 0 fully saturated rings. The van der Waals surface area contributed by atoms with E-state index in [2.05, 4.69) is 25.1 Å². The standard InChI is InChI=1S/C26H25F3N8O3S/c1-25(2,3)36-41(39,40)19-9-7-15(8-10-19)17-13-32-24(33-14-17)34-23(38)20-12-21(26(27,28)29)35-37(20)18-6-4-5-16(11-18)22(30)31/h4-14,36H,1-3H3,(H3,30,31)(H,32,33,34,38). The maximum atomic E-state index is 13.4. The fourth-order valence-corrected chi connectivity index (χ4v) is 5.10. The number of alkyl halides is 3. The summed E-state index contributed by atoms with van der Waals surface area (Å²) >= 11 is 0. The lowest BCUT2D eigenvalue weighted by atomic mass is 10.1. The highest BCUT2D eigenvalue weighted by atomic mass is 32.2. The third-order valence-corrected chi connectivity index (χ3v) is 7.22. The minimum Gasteiger partial charge on any atom is -0.384 e. The number of benzene rings is 2. The van der Waals surface area contributed by atoms with Gasteiger partial charge in [0.15, 0.2) is 5.69 Å². The Balaban J connectivity index is 1.57. The maximum absolute atomic E-state index is 13.4. The molecule has 2 aromatic carbocycles. The van der Waals surface area contributed by atoms with Gasteiger partial charge < -0.3 is 5.73 Å². The molecule has 214 valence electrons. The van der Waals surface area contributed by atoms with Gasteiger partial charge in [0.2, 0.25) is 16.0 Å². The lowest BCUT2D eigenvalue weighted by Crippen LogP contribution is -2.40. The summed E-state index contributed by atoms with van der Waals surface area (Å²) in [6.07, 6.45) is -2.09. The van der Waals surface area contributed by atoms with Gasteiger partial charge in [0, 0.05) is 35.1 Å². The molecule has 41 heavy (non-hydrogen) atoms. The number of amides is 1. The van der Waals surface area contributed by atoms with Gasteiger partial charge >= 0.3 is 6.18 Å². The average Bonchev–Trinajstić information content (AvgIpc) is 3.35. The van der Waals surface area contributed by atoms with E-state index in [1.807, 2.05) is 0 Å². The van der Waals surface area contributed by atoms with E-state index in [4.69, 9.17) is 11.1 Å². The fourth-order valence-electron chi connectivity index (χ4n) is 3.68. The van der Waals surface area contributed by atoms with E-state index < -0.39 is 39.0 Å². The molecule has 4 aromatic rings. The summed E-state index contributed by atoms with van der Waals surface area (Å²) < 4.78 is 68.7. The third kappa shape index (κ3) is 6.93. The Morgan fingerprint density at radius 3 is 2.17 bits per heavy atom. The molecule has 0 atom stereocenters. The molecule has 2 heterocycles. The molecular weight excluding hydrogens is 561 g/mol. The number of rotatable bonds is 7. The number of nitrogens with zero attached hydrogens (tertiary/aromatic N) is 4. The molecule has 0 bridgehead atoms. The van der Waals surface area contributed by atoms with Crippen molar-refractivity contribution < 1.29 is 26.4 Å². The van der Waals surface area contributed by atoms with Crippen LogP contribution in [0, 0.1) is 5.41 Å². The molecule has 0 saturated heterocycles. The zero-order chi connectivity index (χ0) is 30.2. The van der Waals surface area contributed by atoms with Crippen LogP contribution < -0.4 is 15.8 Å². The van der Waals surface area contributed by atoms with E-state index in [0.717, 1.165) is 4.68 Å². The Kier molecular flexibility index (Phi) is 7.69. The number of nitrogen functional groups attached to an aromatic ring is 1. The molecule has 5 N–H and O–H groups in total. The number of hydrogen-bond donors (Lipinski definition) is 4. The molecule has 0 aliphatic rings. The Labute approximate surface area is 233 Å². The Hall–Kier alpha value is -4.63. The first-order valence-corrected chi connectivity index (χ1v) is 13.4. The van der Waals surface area contributed by atoms with Gasteiger partial charge in [0.05, 0.1) is 10.6 Å². The smallest absolute Gasteiger partial charge is 0.384 e. The van der Waals surface area contributed by atoms with Crippen molar-refractivity contribution >= 4 is 27.7 Å². The van der Waals surface area contributed by atoms with Gasteiger partial charge in [-0.3, -0.25) is 15.5 Å². The van der Waals surface area contributed by atoms with Gasteiger partial charge in [-0.25, -0.2) is 27.8 Å². The van der Waals surface area contributed by atoms with Crippen LogP contribution in [-0.4, -0.2) is 45.4 Å². The molecule has 4 rings (SSSR count). The molecular formula is C26H25F3N8O3S. The summed E-state index contributed by atoms with van der Waals surface area (Å²) in [7, 11) is -3.72. The Morgan fingerprint density at radius 2 is 1.61 bits per heavy atom. The van der Waals surface area contributed by atoms with Gasteiger partial charge in [-0.15, -0.1) is 0 Å². The lowest BCUT2D eigenvalue weighted by Gasteiger charge is -2.20. The first-order chi connectivity index (χ1) is 19.0. The molecule has 0 spiro atoms. The van der Waals surface area contributed by atoms with Crippen molar-refractivity contribution in [1.29, 1.82) is 5.41 Å². The summed E-state index contributed by atoms with van der Waals surface area (Å²) in [5.74, 6) is -1.46. The van der Waals surface area contributed by atoms with E-state index in [-0.39, 0.29) is 27.9 Å². The van der Waals surface area contributed by atoms with Crippen molar-refractivity contribution in [2.75, 3.05) is 5.32 Å². The monoisotopic (exact) mass is 586 g/mol. The van der Waals surface area contributed by atoms with Gasteiger partial charge in [-0.2, -0.15) is 18.3 Å². The second-order valence-electron chi connectivity index (χ2n) is 9.92. The largest absolute Gasteiger partial charge is 0.435 e. The second-order valence-corrected chi connectivity index (χ2v) is 11.6. The van der Waals surface area contributed by atoms with Crippen molar-refractivity contribution in [3.63, 3.8) is 0 Å². The van der Waals surface area contributed by atoms with Crippen LogP contribution in [0.3, 0.4) is 0 Å². The predicted molar refractivity (Wildman–Crippen MR) is 145 cm³/mol. The molecule has 1 amide bonds. The van der Waals surface area contributed by atoms with Crippen LogP contribution >= 0.6 is 0 Å². The van der Waals surface area contributed by atoms with Crippen molar-refractivity contribution in [1.82, 2.24) is 24.5 Å². The average molecular weight is 587 g/mol. The second kappa shape index (κ2) is 10.7. The van der Waals surface area contributed by atoms with Crippen molar-refractivity contribution in [2.45, 2.75) is 37.4 Å². The topological polar surface area (TPSA) is 169 Å². The van der Waals surface area contributed by atoms with Crippen molar-refractivity contribution in [3.05, 3.63) is 83.9 Å². The number of aromatic nitrogens is 4. The van der Waals surface area contributed by atoms with Crippen molar-refractivity contribution in [3.8, 4) is 16.8 Å². The first-order valence-electron chi connectivity index (χ1n) is 11.9. The fraction of sp³-hybridized carbons (Fsp3) is 0.192. The normalized spacial score (nSPS) is 12.2. The minimum atomic E-state index is -4.83. The molecule has 11 nitrogen and oxygen atoms in total. The minimum absolute atomic E-state index is 0.0738. The number of nitrogens with two attached hydrogens (primary N) is 1.